The smallest absolute Gasteiger partial charge is 0.410 e. The number of hydrogen-bond donors (Lipinski definition) is 2. The number of carbonyl (C=O) groups is 1. The van der Waals surface area contributed by atoms with E-state index in [4.69, 9.17) is 15.2 Å². The van der Waals surface area contributed by atoms with Crippen molar-refractivity contribution < 1.29 is 14.3 Å². The molecule has 0 saturated carbocycles. The quantitative estimate of drug-likeness (QED) is 0.463. The average molecular weight is 517 g/mol. The van der Waals surface area contributed by atoms with Gasteiger partial charge in [0.15, 0.2) is 0 Å². The summed E-state index contributed by atoms with van der Waals surface area (Å²) in [5.74, 6) is 0.746. The van der Waals surface area contributed by atoms with Crippen LogP contribution in [0.1, 0.15) is 69.5 Å². The molecular weight excluding hydrogens is 480 g/mol. The van der Waals surface area contributed by atoms with E-state index in [-0.39, 0.29) is 17.7 Å². The Kier molecular flexibility index (Phi) is 7.25. The second-order valence-corrected chi connectivity index (χ2v) is 11.2. The molecule has 200 valence electrons. The van der Waals surface area contributed by atoms with E-state index in [0.717, 1.165) is 55.6 Å². The Balaban J connectivity index is 1.57. The number of benzene rings is 1. The highest BCUT2D eigenvalue weighted by Crippen LogP contribution is 2.42. The van der Waals surface area contributed by atoms with Gasteiger partial charge in [-0.15, -0.1) is 0 Å². The molecule has 1 atom stereocenters. The van der Waals surface area contributed by atoms with Crippen LogP contribution in [-0.4, -0.2) is 46.3 Å². The number of anilines is 1. The summed E-state index contributed by atoms with van der Waals surface area (Å²) in [7, 11) is 0. The molecule has 2 aliphatic heterocycles. The molecule has 8 nitrogen and oxygen atoms in total. The third-order valence-electron chi connectivity index (χ3n) is 7.33. The highest BCUT2D eigenvalue weighted by molar-refractivity contribution is 5.79. The number of rotatable bonds is 4. The third kappa shape index (κ3) is 5.60. The lowest BCUT2D eigenvalue weighted by Crippen LogP contribution is -2.36. The van der Waals surface area contributed by atoms with Crippen LogP contribution in [0.5, 0.6) is 0 Å². The van der Waals surface area contributed by atoms with Crippen molar-refractivity contribution in [3.8, 4) is 22.3 Å². The predicted octanol–water partition coefficient (Wildman–Crippen LogP) is 5.65. The fraction of sp³-hybridized carbons (Fsp3) is 0.433. The van der Waals surface area contributed by atoms with Crippen molar-refractivity contribution >= 4 is 11.9 Å². The number of nitrogens with zero attached hydrogens (tertiary/aromatic N) is 2. The molecule has 3 N–H and O–H groups in total. The molecule has 2 aromatic heterocycles. The predicted molar refractivity (Wildman–Crippen MR) is 148 cm³/mol. The number of pyridine rings is 2. The van der Waals surface area contributed by atoms with Crippen LogP contribution in [0.4, 0.5) is 10.6 Å². The maximum atomic E-state index is 13.2. The van der Waals surface area contributed by atoms with Crippen LogP contribution in [0.3, 0.4) is 0 Å². The summed E-state index contributed by atoms with van der Waals surface area (Å²) in [4.78, 5) is 34.1. The number of likely N-dealkylation sites (tertiary alicyclic amines) is 1. The van der Waals surface area contributed by atoms with E-state index in [1.165, 1.54) is 11.6 Å². The fourth-order valence-electron chi connectivity index (χ4n) is 5.53. The van der Waals surface area contributed by atoms with Crippen LogP contribution in [0.15, 0.2) is 53.6 Å². The molecule has 2 aliphatic rings. The van der Waals surface area contributed by atoms with E-state index in [0.29, 0.717) is 29.4 Å². The standard InChI is InChI=1S/C30H36N4O4/c1-30(2,3)38-29(36)34-12-4-5-26(34)25-15-20(6-7-23(25)19-9-13-37-14-10-19)22-16-24(28(31)33-18-22)21-8-11-32-27(35)17-21/h6-8,11,15-19,26H,4-5,9-10,12-14H2,1-3H3,(H2,31,33)(H,32,35)/t26-/m0/s1. The minimum absolute atomic E-state index is 0.0588. The second kappa shape index (κ2) is 10.6. The zero-order valence-corrected chi connectivity index (χ0v) is 22.3. The molecule has 1 aromatic carbocycles. The molecule has 0 spiro atoms. The van der Waals surface area contributed by atoms with E-state index in [1.807, 2.05) is 37.8 Å². The average Bonchev–Trinajstić information content (AvgIpc) is 3.38. The number of ether oxygens (including phenoxy) is 2. The van der Waals surface area contributed by atoms with Crippen LogP contribution in [0.25, 0.3) is 22.3 Å². The van der Waals surface area contributed by atoms with Gasteiger partial charge >= 0.3 is 6.09 Å². The van der Waals surface area contributed by atoms with Gasteiger partial charge in [0.1, 0.15) is 11.4 Å². The van der Waals surface area contributed by atoms with Crippen LogP contribution in [0.2, 0.25) is 0 Å². The molecule has 4 heterocycles. The van der Waals surface area contributed by atoms with Crippen LogP contribution < -0.4 is 11.3 Å². The molecule has 3 aromatic rings. The zero-order valence-electron chi connectivity index (χ0n) is 22.3. The number of H-pyrrole nitrogens is 1. The molecule has 2 fully saturated rings. The third-order valence-corrected chi connectivity index (χ3v) is 7.33. The second-order valence-electron chi connectivity index (χ2n) is 11.2. The van der Waals surface area contributed by atoms with Gasteiger partial charge < -0.3 is 25.1 Å². The first-order chi connectivity index (χ1) is 18.2. The Labute approximate surface area is 223 Å². The molecule has 0 radical (unpaired) electrons. The number of nitrogens with one attached hydrogen (secondary N) is 1. The van der Waals surface area contributed by atoms with Gasteiger partial charge in [0, 0.05) is 49.3 Å². The van der Waals surface area contributed by atoms with Gasteiger partial charge in [0.25, 0.3) is 0 Å². The Morgan fingerprint density at radius 3 is 2.58 bits per heavy atom. The fourth-order valence-corrected chi connectivity index (χ4v) is 5.53. The molecule has 0 unspecified atom stereocenters. The van der Waals surface area contributed by atoms with E-state index in [9.17, 15) is 9.59 Å². The van der Waals surface area contributed by atoms with E-state index >= 15 is 0 Å². The summed E-state index contributed by atoms with van der Waals surface area (Å²) in [5.41, 5.74) is 11.2. The largest absolute Gasteiger partial charge is 0.444 e. The van der Waals surface area contributed by atoms with Gasteiger partial charge in [-0.05, 0) is 92.8 Å². The Morgan fingerprint density at radius 1 is 1.05 bits per heavy atom. The molecule has 1 amide bonds. The lowest BCUT2D eigenvalue weighted by Gasteiger charge is -2.32. The summed E-state index contributed by atoms with van der Waals surface area (Å²) < 4.78 is 11.4. The lowest BCUT2D eigenvalue weighted by atomic mass is 9.83. The minimum atomic E-state index is -0.555. The summed E-state index contributed by atoms with van der Waals surface area (Å²) in [5, 5.41) is 0. The topological polar surface area (TPSA) is 111 Å². The van der Waals surface area contributed by atoms with Gasteiger partial charge in [-0.2, -0.15) is 0 Å². The molecule has 0 bridgehead atoms. The van der Waals surface area contributed by atoms with Crippen molar-refractivity contribution in [1.82, 2.24) is 14.9 Å². The van der Waals surface area contributed by atoms with E-state index < -0.39 is 5.60 Å². The summed E-state index contributed by atoms with van der Waals surface area (Å²) >= 11 is 0. The highest BCUT2D eigenvalue weighted by Gasteiger charge is 2.35. The van der Waals surface area contributed by atoms with E-state index in [1.54, 1.807) is 12.4 Å². The molecule has 2 saturated heterocycles. The number of carbonyl (C=O) groups excluding carboxylic acids is 1. The van der Waals surface area contributed by atoms with E-state index in [2.05, 4.69) is 28.2 Å². The Bertz CT molecular complexity index is 1370. The first-order valence-corrected chi connectivity index (χ1v) is 13.4. The van der Waals surface area contributed by atoms with Gasteiger partial charge in [0.2, 0.25) is 5.56 Å². The zero-order chi connectivity index (χ0) is 26.9. The van der Waals surface area contributed by atoms with Crippen LogP contribution in [0, 0.1) is 0 Å². The molecular formula is C30H36N4O4. The van der Waals surface area contributed by atoms with Crippen molar-refractivity contribution in [2.75, 3.05) is 25.5 Å². The number of aromatic nitrogens is 2. The molecule has 38 heavy (non-hydrogen) atoms. The number of amides is 1. The van der Waals surface area contributed by atoms with Crippen molar-refractivity contribution in [2.45, 2.75) is 64.0 Å². The van der Waals surface area contributed by atoms with Crippen molar-refractivity contribution in [3.63, 3.8) is 0 Å². The monoisotopic (exact) mass is 516 g/mol. The Hall–Kier alpha value is -3.65. The van der Waals surface area contributed by atoms with Gasteiger partial charge in [0.05, 0.1) is 6.04 Å². The highest BCUT2D eigenvalue weighted by atomic mass is 16.6. The summed E-state index contributed by atoms with van der Waals surface area (Å²) in [6.07, 6.45) is 6.83. The number of aromatic amines is 1. The SMILES string of the molecule is CC(C)(C)OC(=O)N1CCC[C@H]1c1cc(-c2cnc(N)c(-c3cc[nH]c(=O)c3)c2)ccc1C1CCOCC1. The van der Waals surface area contributed by atoms with Crippen molar-refractivity contribution in [2.24, 2.45) is 0 Å². The lowest BCUT2D eigenvalue weighted by molar-refractivity contribution is 0.0222. The maximum absolute atomic E-state index is 13.2. The van der Waals surface area contributed by atoms with Gasteiger partial charge in [-0.25, -0.2) is 9.78 Å². The number of nitrogen functional groups attached to an aromatic ring is 1. The van der Waals surface area contributed by atoms with Gasteiger partial charge in [-0.1, -0.05) is 12.1 Å². The first-order valence-electron chi connectivity index (χ1n) is 13.4. The number of nitrogens with two attached hydrogens (primary N) is 1. The van der Waals surface area contributed by atoms with Crippen LogP contribution in [-0.2, 0) is 9.47 Å². The molecule has 0 aliphatic carbocycles. The summed E-state index contributed by atoms with van der Waals surface area (Å²) in [6, 6.07) is 11.8. The van der Waals surface area contributed by atoms with Crippen molar-refractivity contribution in [1.29, 1.82) is 0 Å². The molecule has 8 heteroatoms. The number of hydrogen-bond acceptors (Lipinski definition) is 6. The summed E-state index contributed by atoms with van der Waals surface area (Å²) in [6.45, 7) is 7.86. The van der Waals surface area contributed by atoms with Crippen LogP contribution >= 0.6 is 0 Å². The normalized spacial score (nSPS) is 18.5. The first kappa shape index (κ1) is 26.0. The van der Waals surface area contributed by atoms with Crippen molar-refractivity contribution in [3.05, 3.63) is 70.3 Å². The molecule has 5 rings (SSSR count). The Morgan fingerprint density at radius 2 is 1.84 bits per heavy atom. The minimum Gasteiger partial charge on any atom is -0.444 e. The maximum Gasteiger partial charge on any atom is 0.410 e. The van der Waals surface area contributed by atoms with Gasteiger partial charge in [-0.3, -0.25) is 4.79 Å².